The number of aryl methyl sites for hydroxylation is 1. The Morgan fingerprint density at radius 1 is 1.43 bits per heavy atom. The molecule has 2 N–H and O–H groups in total. The van der Waals surface area contributed by atoms with Gasteiger partial charge in [-0.3, -0.25) is 4.79 Å². The summed E-state index contributed by atoms with van der Waals surface area (Å²) in [6.07, 6.45) is 3.36. The largest absolute Gasteiger partial charge is 0.367 e. The van der Waals surface area contributed by atoms with Crippen molar-refractivity contribution in [3.8, 4) is 0 Å². The first-order valence-corrected chi connectivity index (χ1v) is 8.06. The number of piperidine rings is 1. The number of hydrogen-bond donors (Lipinski definition) is 2. The zero-order valence-electron chi connectivity index (χ0n) is 12.9. The molecule has 0 saturated carbocycles. The van der Waals surface area contributed by atoms with E-state index >= 15 is 0 Å². The Morgan fingerprint density at radius 2 is 2.26 bits per heavy atom. The van der Waals surface area contributed by atoms with Crippen LogP contribution in [-0.2, 0) is 0 Å². The second-order valence-electron chi connectivity index (χ2n) is 5.95. The molecule has 1 aliphatic heterocycles. The van der Waals surface area contributed by atoms with Crippen molar-refractivity contribution in [2.45, 2.75) is 25.8 Å². The van der Waals surface area contributed by atoms with Gasteiger partial charge in [0, 0.05) is 25.3 Å². The summed E-state index contributed by atoms with van der Waals surface area (Å²) in [5.74, 6) is -0.410. The third kappa shape index (κ3) is 3.67. The molecule has 1 unspecified atom stereocenters. The fourth-order valence-corrected chi connectivity index (χ4v) is 3.10. The van der Waals surface area contributed by atoms with Crippen LogP contribution in [0.4, 0.5) is 10.1 Å². The summed E-state index contributed by atoms with van der Waals surface area (Å²) in [7, 11) is 0. The van der Waals surface area contributed by atoms with Crippen LogP contribution in [0.3, 0.4) is 0 Å². The van der Waals surface area contributed by atoms with Crippen molar-refractivity contribution in [2.75, 3.05) is 18.0 Å². The summed E-state index contributed by atoms with van der Waals surface area (Å²) < 4.78 is 14.1. The minimum atomic E-state index is -0.223. The summed E-state index contributed by atoms with van der Waals surface area (Å²) in [5.41, 5.74) is 2.06. The number of carbonyl (C=O) groups is 1. The van der Waals surface area contributed by atoms with Crippen LogP contribution in [-0.4, -0.2) is 30.0 Å². The molecule has 2 heterocycles. The maximum atomic E-state index is 14.1. The lowest BCUT2D eigenvalue weighted by Crippen LogP contribution is -2.48. The highest BCUT2D eigenvalue weighted by Gasteiger charge is 2.24. The van der Waals surface area contributed by atoms with E-state index in [0.717, 1.165) is 24.9 Å². The minimum Gasteiger partial charge on any atom is -0.367 e. The normalized spacial score (nSPS) is 18.0. The van der Waals surface area contributed by atoms with E-state index in [2.05, 4.69) is 10.3 Å². The van der Waals surface area contributed by atoms with Gasteiger partial charge in [0.15, 0.2) is 0 Å². The van der Waals surface area contributed by atoms with E-state index in [1.165, 1.54) is 6.07 Å². The predicted octanol–water partition coefficient (Wildman–Crippen LogP) is 3.51. The van der Waals surface area contributed by atoms with Crippen molar-refractivity contribution in [3.63, 3.8) is 0 Å². The Hall–Kier alpha value is -2.01. The molecule has 1 fully saturated rings. The Labute approximate surface area is 139 Å². The van der Waals surface area contributed by atoms with Crippen molar-refractivity contribution >= 4 is 23.2 Å². The lowest BCUT2D eigenvalue weighted by Gasteiger charge is -2.35. The highest BCUT2D eigenvalue weighted by molar-refractivity contribution is 6.30. The van der Waals surface area contributed by atoms with Gasteiger partial charge in [-0.05, 0) is 43.5 Å². The lowest BCUT2D eigenvalue weighted by atomic mass is 10.0. The number of H-pyrrole nitrogens is 1. The molecule has 6 heteroatoms. The van der Waals surface area contributed by atoms with Crippen LogP contribution in [0.5, 0.6) is 0 Å². The molecule has 1 saturated heterocycles. The van der Waals surface area contributed by atoms with Crippen molar-refractivity contribution in [3.05, 3.63) is 52.6 Å². The number of aromatic amines is 1. The monoisotopic (exact) mass is 335 g/mol. The highest BCUT2D eigenvalue weighted by Crippen LogP contribution is 2.24. The number of nitrogens with one attached hydrogen (secondary N) is 2. The van der Waals surface area contributed by atoms with Crippen LogP contribution in [0.1, 0.15) is 28.9 Å². The van der Waals surface area contributed by atoms with E-state index in [1.807, 2.05) is 17.9 Å². The fourth-order valence-electron chi connectivity index (χ4n) is 2.94. The van der Waals surface area contributed by atoms with E-state index in [0.29, 0.717) is 22.9 Å². The number of anilines is 1. The Balaban J connectivity index is 1.68. The molecule has 0 radical (unpaired) electrons. The standard InChI is InChI=1S/C17H19ClFN3O/c1-11-4-5-14(19)16(7-11)22-6-2-3-13(10-22)21-17(23)15-8-12(18)9-20-15/h4-5,7-9,13,20H,2-3,6,10H2,1H3,(H,21,23). The fraction of sp³-hybridized carbons (Fsp3) is 0.353. The lowest BCUT2D eigenvalue weighted by molar-refractivity contribution is 0.0928. The molecule has 122 valence electrons. The maximum Gasteiger partial charge on any atom is 0.268 e. The summed E-state index contributed by atoms with van der Waals surface area (Å²) in [6, 6.07) is 6.69. The molecule has 3 rings (SSSR count). The number of hydrogen-bond acceptors (Lipinski definition) is 2. The highest BCUT2D eigenvalue weighted by atomic mass is 35.5. The molecule has 0 aliphatic carbocycles. The molecule has 1 amide bonds. The first-order chi connectivity index (χ1) is 11.0. The topological polar surface area (TPSA) is 48.1 Å². The van der Waals surface area contributed by atoms with Gasteiger partial charge in [0.05, 0.1) is 10.7 Å². The minimum absolute atomic E-state index is 0.0155. The van der Waals surface area contributed by atoms with Gasteiger partial charge in [-0.1, -0.05) is 17.7 Å². The zero-order chi connectivity index (χ0) is 16.4. The summed E-state index contributed by atoms with van der Waals surface area (Å²) in [5, 5.41) is 3.49. The SMILES string of the molecule is Cc1ccc(F)c(N2CCCC(NC(=O)c3cc(Cl)c[nH]3)C2)c1. The smallest absolute Gasteiger partial charge is 0.268 e. The molecule has 0 bridgehead atoms. The van der Waals surface area contributed by atoms with E-state index in [1.54, 1.807) is 18.3 Å². The Morgan fingerprint density at radius 3 is 3.00 bits per heavy atom. The third-order valence-corrected chi connectivity index (χ3v) is 4.31. The summed E-state index contributed by atoms with van der Waals surface area (Å²) in [4.78, 5) is 17.0. The summed E-state index contributed by atoms with van der Waals surface area (Å²) >= 11 is 5.82. The van der Waals surface area contributed by atoms with Crippen LogP contribution in [0.2, 0.25) is 5.02 Å². The van der Waals surface area contributed by atoms with Gasteiger partial charge in [0.2, 0.25) is 0 Å². The second kappa shape index (κ2) is 6.62. The van der Waals surface area contributed by atoms with Crippen molar-refractivity contribution < 1.29 is 9.18 Å². The molecule has 2 aromatic rings. The van der Waals surface area contributed by atoms with Gasteiger partial charge in [-0.2, -0.15) is 0 Å². The van der Waals surface area contributed by atoms with Crippen molar-refractivity contribution in [1.82, 2.24) is 10.3 Å². The van der Waals surface area contributed by atoms with E-state index < -0.39 is 0 Å². The third-order valence-electron chi connectivity index (χ3n) is 4.09. The van der Waals surface area contributed by atoms with Gasteiger partial charge < -0.3 is 15.2 Å². The molecule has 1 atom stereocenters. The Bertz CT molecular complexity index is 716. The molecule has 1 aliphatic rings. The van der Waals surface area contributed by atoms with Crippen molar-refractivity contribution in [1.29, 1.82) is 0 Å². The van der Waals surface area contributed by atoms with Crippen LogP contribution in [0.15, 0.2) is 30.5 Å². The first kappa shape index (κ1) is 15.9. The van der Waals surface area contributed by atoms with E-state index in [4.69, 9.17) is 11.6 Å². The molecule has 1 aromatic heterocycles. The second-order valence-corrected chi connectivity index (χ2v) is 6.38. The van der Waals surface area contributed by atoms with Gasteiger partial charge in [0.1, 0.15) is 11.5 Å². The number of rotatable bonds is 3. The van der Waals surface area contributed by atoms with Crippen LogP contribution >= 0.6 is 11.6 Å². The number of nitrogens with zero attached hydrogens (tertiary/aromatic N) is 1. The molecular weight excluding hydrogens is 317 g/mol. The maximum absolute atomic E-state index is 14.1. The molecule has 4 nitrogen and oxygen atoms in total. The van der Waals surface area contributed by atoms with E-state index in [9.17, 15) is 9.18 Å². The van der Waals surface area contributed by atoms with Crippen LogP contribution in [0.25, 0.3) is 0 Å². The first-order valence-electron chi connectivity index (χ1n) is 7.69. The van der Waals surface area contributed by atoms with E-state index in [-0.39, 0.29) is 17.8 Å². The van der Waals surface area contributed by atoms with Gasteiger partial charge >= 0.3 is 0 Å². The Kier molecular flexibility index (Phi) is 4.57. The zero-order valence-corrected chi connectivity index (χ0v) is 13.7. The molecule has 23 heavy (non-hydrogen) atoms. The molecular formula is C17H19ClFN3O. The van der Waals surface area contributed by atoms with Gasteiger partial charge in [0.25, 0.3) is 5.91 Å². The average molecular weight is 336 g/mol. The molecule has 0 spiro atoms. The van der Waals surface area contributed by atoms with Crippen LogP contribution < -0.4 is 10.2 Å². The molecule has 1 aromatic carbocycles. The number of aromatic nitrogens is 1. The number of amides is 1. The predicted molar refractivity (Wildman–Crippen MR) is 89.6 cm³/mol. The van der Waals surface area contributed by atoms with Gasteiger partial charge in [-0.15, -0.1) is 0 Å². The number of halogens is 2. The van der Waals surface area contributed by atoms with Crippen LogP contribution in [0, 0.1) is 12.7 Å². The number of carbonyl (C=O) groups excluding carboxylic acids is 1. The van der Waals surface area contributed by atoms with Crippen molar-refractivity contribution in [2.24, 2.45) is 0 Å². The number of benzene rings is 1. The quantitative estimate of drug-likeness (QED) is 0.901. The average Bonchev–Trinajstić information content (AvgIpc) is 2.97. The summed E-state index contributed by atoms with van der Waals surface area (Å²) in [6.45, 7) is 3.34. The van der Waals surface area contributed by atoms with Gasteiger partial charge in [-0.25, -0.2) is 4.39 Å².